The molecule has 11 heteroatoms. The summed E-state index contributed by atoms with van der Waals surface area (Å²) < 4.78 is 4.00. The Morgan fingerprint density at radius 3 is 2.42 bits per heavy atom. The maximum atomic E-state index is 12.9. The van der Waals surface area contributed by atoms with Gasteiger partial charge in [0.05, 0.1) is 6.54 Å². The minimum atomic E-state index is -0.476. The van der Waals surface area contributed by atoms with Crippen LogP contribution in [0.1, 0.15) is 25.3 Å². The van der Waals surface area contributed by atoms with Crippen LogP contribution in [0.15, 0.2) is 27.8 Å². The molecule has 0 atom stereocenters. The summed E-state index contributed by atoms with van der Waals surface area (Å²) in [7, 11) is 2.97. The van der Waals surface area contributed by atoms with Crippen LogP contribution in [-0.2, 0) is 25.4 Å². The minimum absolute atomic E-state index is 0.0306. The zero-order valence-corrected chi connectivity index (χ0v) is 19.0. The van der Waals surface area contributed by atoms with Crippen LogP contribution >= 0.6 is 23.2 Å². The summed E-state index contributed by atoms with van der Waals surface area (Å²) in [5.41, 5.74) is 0.168. The number of aromatic nitrogens is 4. The summed E-state index contributed by atoms with van der Waals surface area (Å²) in [6.45, 7) is 2.87. The van der Waals surface area contributed by atoms with E-state index in [4.69, 9.17) is 23.2 Å². The number of fused-ring (bicyclic) bond motifs is 1. The van der Waals surface area contributed by atoms with Crippen LogP contribution in [-0.4, -0.2) is 37.7 Å². The van der Waals surface area contributed by atoms with Crippen LogP contribution in [0, 0.1) is 0 Å². The number of benzene rings is 1. The molecule has 0 saturated carbocycles. The van der Waals surface area contributed by atoms with Crippen molar-refractivity contribution < 1.29 is 4.79 Å². The maximum Gasteiger partial charge on any atom is 0.332 e. The van der Waals surface area contributed by atoms with E-state index < -0.39 is 11.2 Å². The average molecular weight is 467 g/mol. The van der Waals surface area contributed by atoms with Gasteiger partial charge in [0, 0.05) is 49.2 Å². The third kappa shape index (κ3) is 4.62. The summed E-state index contributed by atoms with van der Waals surface area (Å²) in [4.78, 5) is 41.4. The number of hydrogen-bond acceptors (Lipinski definition) is 5. The standard InChI is InChI=1S/C20H24Cl2N6O3/c1-4-6-15(29)23-9-10-24-19-25-17-16(18(30)27(3)20(31)26(17)2)28(19)11-12-13(21)7-5-8-14(12)22/h5,7-8H,4,6,9-11H2,1-3H3,(H,23,29)(H,24,25). The normalized spacial score (nSPS) is 11.1. The molecule has 0 aliphatic carbocycles. The predicted molar refractivity (Wildman–Crippen MR) is 122 cm³/mol. The number of nitrogens with zero attached hydrogens (tertiary/aromatic N) is 4. The molecule has 0 bridgehead atoms. The number of halogens is 2. The van der Waals surface area contributed by atoms with Crippen molar-refractivity contribution in [3.05, 3.63) is 54.6 Å². The van der Waals surface area contributed by atoms with Gasteiger partial charge in [0.1, 0.15) is 0 Å². The van der Waals surface area contributed by atoms with Gasteiger partial charge >= 0.3 is 5.69 Å². The lowest BCUT2D eigenvalue weighted by Crippen LogP contribution is -2.37. The Morgan fingerprint density at radius 1 is 1.10 bits per heavy atom. The van der Waals surface area contributed by atoms with Gasteiger partial charge in [-0.25, -0.2) is 4.79 Å². The molecule has 0 aliphatic rings. The van der Waals surface area contributed by atoms with Crippen LogP contribution in [0.5, 0.6) is 0 Å². The molecule has 2 aromatic heterocycles. The summed E-state index contributed by atoms with van der Waals surface area (Å²) in [5, 5.41) is 6.86. The predicted octanol–water partition coefficient (Wildman–Crippen LogP) is 2.12. The van der Waals surface area contributed by atoms with E-state index in [-0.39, 0.29) is 23.6 Å². The highest BCUT2D eigenvalue weighted by molar-refractivity contribution is 6.36. The molecule has 3 rings (SSSR count). The van der Waals surface area contributed by atoms with E-state index in [0.717, 1.165) is 11.0 Å². The van der Waals surface area contributed by atoms with Gasteiger partial charge in [0.15, 0.2) is 11.2 Å². The van der Waals surface area contributed by atoms with Gasteiger partial charge in [0.25, 0.3) is 5.56 Å². The highest BCUT2D eigenvalue weighted by Gasteiger charge is 2.20. The van der Waals surface area contributed by atoms with Crippen molar-refractivity contribution in [1.29, 1.82) is 0 Å². The van der Waals surface area contributed by atoms with E-state index in [1.165, 1.54) is 11.6 Å². The number of imidazole rings is 1. The fraction of sp³-hybridized carbons (Fsp3) is 0.400. The lowest BCUT2D eigenvalue weighted by Gasteiger charge is -2.13. The fourth-order valence-corrected chi connectivity index (χ4v) is 3.79. The van der Waals surface area contributed by atoms with Crippen molar-refractivity contribution in [2.75, 3.05) is 18.4 Å². The summed E-state index contributed by atoms with van der Waals surface area (Å²) in [6.07, 6.45) is 1.23. The van der Waals surface area contributed by atoms with E-state index in [9.17, 15) is 14.4 Å². The molecule has 1 amide bonds. The average Bonchev–Trinajstić information content (AvgIpc) is 3.09. The topological polar surface area (TPSA) is 103 Å². The zero-order chi connectivity index (χ0) is 22.7. The zero-order valence-electron chi connectivity index (χ0n) is 17.5. The van der Waals surface area contributed by atoms with Crippen molar-refractivity contribution in [1.82, 2.24) is 24.0 Å². The number of nitrogens with one attached hydrogen (secondary N) is 2. The number of anilines is 1. The number of aryl methyl sites for hydroxylation is 1. The molecule has 0 unspecified atom stereocenters. The molecule has 2 N–H and O–H groups in total. The number of carbonyl (C=O) groups is 1. The van der Waals surface area contributed by atoms with Crippen molar-refractivity contribution in [3.63, 3.8) is 0 Å². The first-order chi connectivity index (χ1) is 14.8. The Balaban J connectivity index is 2.04. The van der Waals surface area contributed by atoms with Crippen LogP contribution in [0.25, 0.3) is 11.2 Å². The van der Waals surface area contributed by atoms with Crippen molar-refractivity contribution >= 4 is 46.2 Å². The van der Waals surface area contributed by atoms with E-state index in [1.54, 1.807) is 29.8 Å². The second-order valence-electron chi connectivity index (χ2n) is 7.13. The number of amides is 1. The first-order valence-corrected chi connectivity index (χ1v) is 10.6. The molecule has 3 aromatic rings. The molecule has 31 heavy (non-hydrogen) atoms. The Bertz CT molecular complexity index is 1220. The smallest absolute Gasteiger partial charge is 0.332 e. The van der Waals surface area contributed by atoms with Crippen LogP contribution < -0.4 is 21.9 Å². The molecule has 0 fully saturated rings. The summed E-state index contributed by atoms with van der Waals surface area (Å²) in [6, 6.07) is 5.17. The Hall–Kier alpha value is -2.78. The van der Waals surface area contributed by atoms with E-state index in [2.05, 4.69) is 15.6 Å². The summed E-state index contributed by atoms with van der Waals surface area (Å²) >= 11 is 12.7. The second kappa shape index (κ2) is 9.57. The van der Waals surface area contributed by atoms with Gasteiger partial charge in [-0.15, -0.1) is 0 Å². The SMILES string of the molecule is CCCC(=O)NCCNc1nc2c(c(=O)n(C)c(=O)n2C)n1Cc1c(Cl)cccc1Cl. The molecule has 0 aliphatic heterocycles. The van der Waals surface area contributed by atoms with Gasteiger partial charge in [-0.3, -0.25) is 23.3 Å². The van der Waals surface area contributed by atoms with Gasteiger partial charge in [-0.05, 0) is 18.6 Å². The molecule has 166 valence electrons. The van der Waals surface area contributed by atoms with Crippen LogP contribution in [0.3, 0.4) is 0 Å². The molecule has 0 saturated heterocycles. The van der Waals surface area contributed by atoms with Crippen LogP contribution in [0.4, 0.5) is 5.95 Å². The first-order valence-electron chi connectivity index (χ1n) is 9.86. The number of hydrogen-bond donors (Lipinski definition) is 2. The highest BCUT2D eigenvalue weighted by atomic mass is 35.5. The number of rotatable bonds is 8. The molecular weight excluding hydrogens is 443 g/mol. The number of carbonyl (C=O) groups excluding carboxylic acids is 1. The molecule has 9 nitrogen and oxygen atoms in total. The quantitative estimate of drug-likeness (QED) is 0.494. The van der Waals surface area contributed by atoms with Gasteiger partial charge in [-0.1, -0.05) is 36.2 Å². The Morgan fingerprint density at radius 2 is 1.77 bits per heavy atom. The first kappa shape index (κ1) is 22.9. The van der Waals surface area contributed by atoms with E-state index in [0.29, 0.717) is 41.1 Å². The van der Waals surface area contributed by atoms with Gasteiger partial charge in [0.2, 0.25) is 11.9 Å². The third-order valence-electron chi connectivity index (χ3n) is 4.93. The monoisotopic (exact) mass is 466 g/mol. The van der Waals surface area contributed by atoms with Crippen molar-refractivity contribution in [3.8, 4) is 0 Å². The maximum absolute atomic E-state index is 12.9. The van der Waals surface area contributed by atoms with E-state index >= 15 is 0 Å². The van der Waals surface area contributed by atoms with Gasteiger partial charge < -0.3 is 10.6 Å². The highest BCUT2D eigenvalue weighted by Crippen LogP contribution is 2.27. The molecule has 2 heterocycles. The lowest BCUT2D eigenvalue weighted by atomic mass is 10.2. The third-order valence-corrected chi connectivity index (χ3v) is 5.64. The minimum Gasteiger partial charge on any atom is -0.354 e. The molecule has 0 spiro atoms. The van der Waals surface area contributed by atoms with Crippen LogP contribution in [0.2, 0.25) is 10.0 Å². The molecule has 1 aromatic carbocycles. The molecule has 0 radical (unpaired) electrons. The lowest BCUT2D eigenvalue weighted by molar-refractivity contribution is -0.121. The van der Waals surface area contributed by atoms with Gasteiger partial charge in [-0.2, -0.15) is 4.98 Å². The van der Waals surface area contributed by atoms with Crippen molar-refractivity contribution in [2.45, 2.75) is 26.3 Å². The largest absolute Gasteiger partial charge is 0.354 e. The Kier molecular flexibility index (Phi) is 7.07. The fourth-order valence-electron chi connectivity index (χ4n) is 3.27. The summed E-state index contributed by atoms with van der Waals surface area (Å²) in [5.74, 6) is 0.339. The van der Waals surface area contributed by atoms with Crippen molar-refractivity contribution in [2.24, 2.45) is 14.1 Å². The Labute approximate surface area is 188 Å². The molecular formula is C20H24Cl2N6O3. The second-order valence-corrected chi connectivity index (χ2v) is 7.94. The van der Waals surface area contributed by atoms with E-state index in [1.807, 2.05) is 6.92 Å².